The summed E-state index contributed by atoms with van der Waals surface area (Å²) in [5, 5.41) is 2.00. The number of cyclic esters (lactones) is 1. The number of Topliss-reactive ketones (excluding diaryl/α,β-unsaturated/α-hetero) is 1. The van der Waals surface area contributed by atoms with Gasteiger partial charge in [0.25, 0.3) is 0 Å². The molecule has 0 radical (unpaired) electrons. The van der Waals surface area contributed by atoms with E-state index < -0.39 is 5.41 Å². The van der Waals surface area contributed by atoms with E-state index in [9.17, 15) is 9.59 Å². The quantitative estimate of drug-likeness (QED) is 0.596. The zero-order valence-electron chi connectivity index (χ0n) is 9.19. The fraction of sp³-hybridized carbons (Fsp3) is 0.500. The van der Waals surface area contributed by atoms with Crippen LogP contribution in [0.15, 0.2) is 17.5 Å². The summed E-state index contributed by atoms with van der Waals surface area (Å²) >= 11 is 1.65. The second kappa shape index (κ2) is 4.37. The van der Waals surface area contributed by atoms with Crippen LogP contribution in [0.2, 0.25) is 0 Å². The molecule has 1 aliphatic heterocycles. The van der Waals surface area contributed by atoms with Gasteiger partial charge >= 0.3 is 5.97 Å². The number of carbonyl (C=O) groups excluding carboxylic acids is 2. The number of aryl methyl sites for hydroxylation is 1. The first-order valence-electron chi connectivity index (χ1n) is 5.36. The molecule has 86 valence electrons. The first-order chi connectivity index (χ1) is 7.65. The van der Waals surface area contributed by atoms with Crippen LogP contribution in [0.1, 0.15) is 24.6 Å². The molecule has 1 aliphatic rings. The number of esters is 1. The highest BCUT2D eigenvalue weighted by molar-refractivity contribution is 7.09. The number of hydrogen-bond acceptors (Lipinski definition) is 4. The van der Waals surface area contributed by atoms with Crippen LogP contribution in [-0.4, -0.2) is 18.4 Å². The van der Waals surface area contributed by atoms with Crippen molar-refractivity contribution in [3.63, 3.8) is 0 Å². The molecule has 1 aromatic heterocycles. The van der Waals surface area contributed by atoms with Gasteiger partial charge in [-0.3, -0.25) is 9.59 Å². The van der Waals surface area contributed by atoms with Gasteiger partial charge in [-0.05, 0) is 31.2 Å². The van der Waals surface area contributed by atoms with Crippen molar-refractivity contribution in [3.05, 3.63) is 22.4 Å². The van der Waals surface area contributed by atoms with Crippen molar-refractivity contribution in [3.8, 4) is 0 Å². The summed E-state index contributed by atoms with van der Waals surface area (Å²) in [5.41, 5.74) is -0.871. The molecule has 1 fully saturated rings. The highest BCUT2D eigenvalue weighted by Gasteiger charge is 2.48. The number of rotatable bonds is 4. The summed E-state index contributed by atoms with van der Waals surface area (Å²) in [6.07, 6.45) is 1.88. The maximum Gasteiger partial charge on any atom is 0.319 e. The predicted octanol–water partition coefficient (Wildman–Crippen LogP) is 2.20. The van der Waals surface area contributed by atoms with E-state index in [4.69, 9.17) is 4.74 Å². The lowest BCUT2D eigenvalue weighted by molar-refractivity contribution is -0.151. The third kappa shape index (κ3) is 1.89. The summed E-state index contributed by atoms with van der Waals surface area (Å²) in [4.78, 5) is 24.5. The van der Waals surface area contributed by atoms with Crippen LogP contribution in [0, 0.1) is 5.41 Å². The molecule has 1 aromatic rings. The van der Waals surface area contributed by atoms with Crippen molar-refractivity contribution in [2.24, 2.45) is 5.41 Å². The maximum atomic E-state index is 11.7. The molecule has 1 unspecified atom stereocenters. The molecule has 0 aromatic carbocycles. The van der Waals surface area contributed by atoms with Crippen molar-refractivity contribution in [2.45, 2.75) is 26.2 Å². The Morgan fingerprint density at radius 2 is 2.44 bits per heavy atom. The average molecular weight is 238 g/mol. The first-order valence-corrected chi connectivity index (χ1v) is 6.24. The van der Waals surface area contributed by atoms with Crippen LogP contribution in [0.4, 0.5) is 0 Å². The third-order valence-corrected chi connectivity index (χ3v) is 4.14. The van der Waals surface area contributed by atoms with E-state index in [1.165, 1.54) is 11.8 Å². The molecule has 0 aliphatic carbocycles. The first kappa shape index (κ1) is 11.3. The fourth-order valence-corrected chi connectivity index (χ4v) is 2.78. The molecule has 0 bridgehead atoms. The van der Waals surface area contributed by atoms with E-state index in [-0.39, 0.29) is 11.8 Å². The van der Waals surface area contributed by atoms with Crippen molar-refractivity contribution in [1.29, 1.82) is 0 Å². The Labute approximate surface area is 98.4 Å². The number of ketones is 1. The van der Waals surface area contributed by atoms with Crippen molar-refractivity contribution in [1.82, 2.24) is 0 Å². The molecule has 0 saturated carbocycles. The molecule has 0 spiro atoms. The Morgan fingerprint density at radius 1 is 1.62 bits per heavy atom. The van der Waals surface area contributed by atoms with Gasteiger partial charge in [0.1, 0.15) is 11.2 Å². The van der Waals surface area contributed by atoms with E-state index >= 15 is 0 Å². The van der Waals surface area contributed by atoms with Crippen molar-refractivity contribution in [2.75, 3.05) is 6.61 Å². The van der Waals surface area contributed by atoms with Gasteiger partial charge in [-0.2, -0.15) is 0 Å². The Morgan fingerprint density at radius 3 is 2.94 bits per heavy atom. The summed E-state index contributed by atoms with van der Waals surface area (Å²) < 4.78 is 4.94. The Balaban J connectivity index is 2.09. The molecule has 1 saturated heterocycles. The summed E-state index contributed by atoms with van der Waals surface area (Å²) in [6.45, 7) is 1.86. The SMILES string of the molecule is CC(=O)C1(CCc2cccs2)CCOC1=O. The third-order valence-electron chi connectivity index (χ3n) is 3.20. The van der Waals surface area contributed by atoms with Crippen LogP contribution < -0.4 is 0 Å². The molecule has 0 amide bonds. The van der Waals surface area contributed by atoms with Crippen LogP contribution >= 0.6 is 11.3 Å². The number of carbonyl (C=O) groups is 2. The molecule has 2 rings (SSSR count). The lowest BCUT2D eigenvalue weighted by Gasteiger charge is -2.20. The summed E-state index contributed by atoms with van der Waals surface area (Å²) in [7, 11) is 0. The van der Waals surface area contributed by atoms with Crippen LogP contribution in [0.5, 0.6) is 0 Å². The Kier molecular flexibility index (Phi) is 3.10. The molecular weight excluding hydrogens is 224 g/mol. The molecule has 3 nitrogen and oxygen atoms in total. The van der Waals surface area contributed by atoms with Gasteiger partial charge in [0, 0.05) is 11.3 Å². The predicted molar refractivity (Wildman–Crippen MR) is 61.3 cm³/mol. The van der Waals surface area contributed by atoms with Gasteiger partial charge in [0.05, 0.1) is 6.61 Å². The molecule has 1 atom stereocenters. The van der Waals surface area contributed by atoms with Crippen LogP contribution in [0.3, 0.4) is 0 Å². The van der Waals surface area contributed by atoms with Gasteiger partial charge in [0.2, 0.25) is 0 Å². The second-order valence-corrected chi connectivity index (χ2v) is 5.14. The fourth-order valence-electron chi connectivity index (χ4n) is 2.07. The largest absolute Gasteiger partial charge is 0.465 e. The molecule has 4 heteroatoms. The van der Waals surface area contributed by atoms with Crippen LogP contribution in [0.25, 0.3) is 0 Å². The maximum absolute atomic E-state index is 11.7. The Hall–Kier alpha value is -1.16. The molecule has 16 heavy (non-hydrogen) atoms. The van der Waals surface area contributed by atoms with E-state index in [2.05, 4.69) is 0 Å². The smallest absolute Gasteiger partial charge is 0.319 e. The standard InChI is InChI=1S/C12H14O3S/c1-9(13)12(6-7-15-11(12)14)5-4-10-3-2-8-16-10/h2-3,8H,4-7H2,1H3. The van der Waals surface area contributed by atoms with Gasteiger partial charge in [-0.25, -0.2) is 0 Å². The average Bonchev–Trinajstić information content (AvgIpc) is 2.85. The van der Waals surface area contributed by atoms with E-state index in [0.29, 0.717) is 19.4 Å². The number of hydrogen-bond donors (Lipinski definition) is 0. The number of ether oxygens (including phenoxy) is 1. The Bertz CT molecular complexity index is 396. The zero-order valence-corrected chi connectivity index (χ0v) is 10.0. The van der Waals surface area contributed by atoms with Crippen LogP contribution in [-0.2, 0) is 20.7 Å². The van der Waals surface area contributed by atoms with E-state index in [1.54, 1.807) is 11.3 Å². The van der Waals surface area contributed by atoms with Crippen molar-refractivity contribution < 1.29 is 14.3 Å². The normalized spacial score (nSPS) is 24.4. The van der Waals surface area contributed by atoms with Gasteiger partial charge in [-0.1, -0.05) is 6.07 Å². The van der Waals surface area contributed by atoms with Gasteiger partial charge in [0.15, 0.2) is 0 Å². The molecule has 2 heterocycles. The minimum Gasteiger partial charge on any atom is -0.465 e. The number of thiophene rings is 1. The monoisotopic (exact) mass is 238 g/mol. The second-order valence-electron chi connectivity index (χ2n) is 4.10. The molecular formula is C12H14O3S. The highest BCUT2D eigenvalue weighted by Crippen LogP contribution is 2.36. The topological polar surface area (TPSA) is 43.4 Å². The van der Waals surface area contributed by atoms with Gasteiger partial charge in [-0.15, -0.1) is 11.3 Å². The van der Waals surface area contributed by atoms with E-state index in [1.807, 2.05) is 17.5 Å². The van der Waals surface area contributed by atoms with Gasteiger partial charge < -0.3 is 4.74 Å². The minimum absolute atomic E-state index is 0.0634. The zero-order chi connectivity index (χ0) is 11.6. The van der Waals surface area contributed by atoms with E-state index in [0.717, 1.165) is 6.42 Å². The minimum atomic E-state index is -0.871. The lowest BCUT2D eigenvalue weighted by atomic mass is 9.78. The molecule has 0 N–H and O–H groups in total. The summed E-state index contributed by atoms with van der Waals surface area (Å²) in [6, 6.07) is 4.01. The highest BCUT2D eigenvalue weighted by atomic mass is 32.1. The van der Waals surface area contributed by atoms with Crippen molar-refractivity contribution >= 4 is 23.1 Å². The lowest BCUT2D eigenvalue weighted by Crippen LogP contribution is -2.34. The summed E-state index contributed by atoms with van der Waals surface area (Å²) in [5.74, 6) is -0.400.